The largest absolute Gasteiger partial charge is 0.338 e. The molecule has 3 unspecified atom stereocenters. The van der Waals surface area contributed by atoms with Gasteiger partial charge in [0.25, 0.3) is 5.91 Å². The van der Waals surface area contributed by atoms with Gasteiger partial charge in [0.05, 0.1) is 4.90 Å². The van der Waals surface area contributed by atoms with Gasteiger partial charge in [-0.05, 0) is 55.2 Å². The molecule has 2 saturated heterocycles. The predicted octanol–water partition coefficient (Wildman–Crippen LogP) is 3.23. The summed E-state index contributed by atoms with van der Waals surface area (Å²) in [6.45, 7) is 8.94. The Bertz CT molecular complexity index is 752. The smallest absolute Gasteiger partial charge is 0.253 e. The number of hydrogen-bond acceptors (Lipinski definition) is 3. The Hall–Kier alpha value is -1.40. The second kappa shape index (κ2) is 7.69. The highest BCUT2D eigenvalue weighted by Crippen LogP contribution is 2.27. The molecule has 2 heterocycles. The highest BCUT2D eigenvalue weighted by atomic mass is 32.2. The minimum atomic E-state index is -3.56. The topological polar surface area (TPSA) is 57.7 Å². The summed E-state index contributed by atoms with van der Waals surface area (Å²) >= 11 is 0. The normalized spacial score (nSPS) is 28.1. The number of sulfonamides is 1. The lowest BCUT2D eigenvalue weighted by Crippen LogP contribution is -2.42. The molecule has 1 amide bonds. The van der Waals surface area contributed by atoms with Gasteiger partial charge in [-0.1, -0.05) is 26.8 Å². The summed E-state index contributed by atoms with van der Waals surface area (Å²) in [5, 5.41) is 0. The molecule has 0 N–H and O–H groups in total. The maximum absolute atomic E-state index is 13.1. The number of carbonyl (C=O) groups is 1. The van der Waals surface area contributed by atoms with Gasteiger partial charge in [-0.25, -0.2) is 8.42 Å². The van der Waals surface area contributed by atoms with Gasteiger partial charge < -0.3 is 4.90 Å². The molecule has 2 aliphatic rings. The average molecular weight is 379 g/mol. The summed E-state index contributed by atoms with van der Waals surface area (Å²) < 4.78 is 27.7. The maximum Gasteiger partial charge on any atom is 0.253 e. The summed E-state index contributed by atoms with van der Waals surface area (Å²) in [6.07, 6.45) is 3.20. The number of likely N-dealkylation sites (tertiary alicyclic amines) is 1. The quantitative estimate of drug-likeness (QED) is 0.811. The number of amides is 1. The van der Waals surface area contributed by atoms with Crippen LogP contribution < -0.4 is 0 Å². The monoisotopic (exact) mass is 378 g/mol. The lowest BCUT2D eigenvalue weighted by molar-refractivity contribution is 0.0683. The first kappa shape index (κ1) is 19.4. The Morgan fingerprint density at radius 2 is 1.73 bits per heavy atom. The summed E-state index contributed by atoms with van der Waals surface area (Å²) in [4.78, 5) is 14.9. The van der Waals surface area contributed by atoms with Crippen LogP contribution in [0.15, 0.2) is 29.2 Å². The minimum Gasteiger partial charge on any atom is -0.338 e. The van der Waals surface area contributed by atoms with Crippen molar-refractivity contribution < 1.29 is 13.2 Å². The van der Waals surface area contributed by atoms with E-state index in [1.807, 2.05) is 4.90 Å². The highest BCUT2D eigenvalue weighted by Gasteiger charge is 2.32. The molecule has 1 aromatic rings. The fourth-order valence-electron chi connectivity index (χ4n) is 4.30. The zero-order valence-electron chi connectivity index (χ0n) is 16.0. The summed E-state index contributed by atoms with van der Waals surface area (Å²) in [6, 6.07) is 6.57. The third kappa shape index (κ3) is 4.12. The number of hydrogen-bond donors (Lipinski definition) is 0. The molecule has 3 rings (SSSR count). The molecular formula is C20H30N2O3S. The van der Waals surface area contributed by atoms with Crippen LogP contribution in [0.5, 0.6) is 0 Å². The molecule has 0 aromatic heterocycles. The van der Waals surface area contributed by atoms with Crippen LogP contribution in [0.25, 0.3) is 0 Å². The average Bonchev–Trinajstić information content (AvgIpc) is 2.60. The zero-order chi connectivity index (χ0) is 18.9. The van der Waals surface area contributed by atoms with Gasteiger partial charge >= 0.3 is 0 Å². The van der Waals surface area contributed by atoms with Crippen LogP contribution in [0, 0.1) is 17.8 Å². The van der Waals surface area contributed by atoms with Crippen molar-refractivity contribution in [1.29, 1.82) is 0 Å². The van der Waals surface area contributed by atoms with Gasteiger partial charge in [0.15, 0.2) is 0 Å². The van der Waals surface area contributed by atoms with Gasteiger partial charge in [-0.3, -0.25) is 4.79 Å². The van der Waals surface area contributed by atoms with E-state index in [1.165, 1.54) is 0 Å². The molecule has 5 nitrogen and oxygen atoms in total. The number of benzene rings is 1. The van der Waals surface area contributed by atoms with Gasteiger partial charge in [-0.15, -0.1) is 0 Å². The second-order valence-corrected chi connectivity index (χ2v) is 10.2. The van der Waals surface area contributed by atoms with Gasteiger partial charge in [-0.2, -0.15) is 4.31 Å². The zero-order valence-corrected chi connectivity index (χ0v) is 16.8. The first-order chi connectivity index (χ1) is 12.3. The maximum atomic E-state index is 13.1. The number of piperidine rings is 2. The van der Waals surface area contributed by atoms with Crippen LogP contribution in [0.3, 0.4) is 0 Å². The van der Waals surface area contributed by atoms with Crippen molar-refractivity contribution in [3.05, 3.63) is 29.8 Å². The van der Waals surface area contributed by atoms with Gasteiger partial charge in [0, 0.05) is 31.7 Å². The van der Waals surface area contributed by atoms with Crippen LogP contribution in [-0.2, 0) is 10.0 Å². The van der Waals surface area contributed by atoms with E-state index in [2.05, 4.69) is 20.8 Å². The van der Waals surface area contributed by atoms with E-state index >= 15 is 0 Å². The third-order valence-corrected chi connectivity index (χ3v) is 7.33. The van der Waals surface area contributed by atoms with Crippen molar-refractivity contribution >= 4 is 15.9 Å². The van der Waals surface area contributed by atoms with E-state index < -0.39 is 10.0 Å². The van der Waals surface area contributed by atoms with Crippen molar-refractivity contribution in [2.75, 3.05) is 26.2 Å². The molecule has 0 radical (unpaired) electrons. The fourth-order valence-corrected chi connectivity index (χ4v) is 6.02. The van der Waals surface area contributed by atoms with E-state index in [4.69, 9.17) is 0 Å². The third-order valence-electron chi connectivity index (χ3n) is 5.50. The van der Waals surface area contributed by atoms with Crippen molar-refractivity contribution in [2.45, 2.75) is 44.9 Å². The number of nitrogens with zero attached hydrogens (tertiary/aromatic N) is 2. The first-order valence-electron chi connectivity index (χ1n) is 9.67. The first-order valence-corrected chi connectivity index (χ1v) is 11.1. The summed E-state index contributed by atoms with van der Waals surface area (Å²) in [7, 11) is -3.56. The molecule has 6 heteroatoms. The molecule has 144 valence electrons. The van der Waals surface area contributed by atoms with E-state index in [9.17, 15) is 13.2 Å². The molecule has 1 aromatic carbocycles. The van der Waals surface area contributed by atoms with Crippen molar-refractivity contribution in [1.82, 2.24) is 9.21 Å². The van der Waals surface area contributed by atoms with E-state index in [-0.39, 0.29) is 10.8 Å². The molecule has 0 aliphatic carbocycles. The molecule has 0 bridgehead atoms. The van der Waals surface area contributed by atoms with Crippen molar-refractivity contribution in [2.24, 2.45) is 17.8 Å². The molecule has 3 atom stereocenters. The summed E-state index contributed by atoms with van der Waals surface area (Å²) in [5.41, 5.74) is 0.471. The van der Waals surface area contributed by atoms with Crippen molar-refractivity contribution in [3.63, 3.8) is 0 Å². The highest BCUT2D eigenvalue weighted by molar-refractivity contribution is 7.89. The molecule has 0 spiro atoms. The second-order valence-electron chi connectivity index (χ2n) is 8.29. The Morgan fingerprint density at radius 1 is 1.04 bits per heavy atom. The minimum absolute atomic E-state index is 0.0611. The molecule has 0 saturated carbocycles. The Morgan fingerprint density at radius 3 is 2.38 bits per heavy atom. The van der Waals surface area contributed by atoms with E-state index in [0.717, 1.165) is 32.4 Å². The Labute approximate surface area is 157 Å². The predicted molar refractivity (Wildman–Crippen MR) is 102 cm³/mol. The van der Waals surface area contributed by atoms with E-state index in [0.29, 0.717) is 36.4 Å². The summed E-state index contributed by atoms with van der Waals surface area (Å²) in [5.74, 6) is 1.14. The number of rotatable bonds is 3. The number of carbonyl (C=O) groups excluding carboxylic acids is 1. The van der Waals surface area contributed by atoms with Crippen LogP contribution >= 0.6 is 0 Å². The van der Waals surface area contributed by atoms with Crippen molar-refractivity contribution in [3.8, 4) is 0 Å². The van der Waals surface area contributed by atoms with Crippen LogP contribution in [0.4, 0.5) is 0 Å². The van der Waals surface area contributed by atoms with Gasteiger partial charge in [0.2, 0.25) is 10.0 Å². The Kier molecular flexibility index (Phi) is 5.72. The lowest BCUT2D eigenvalue weighted by atomic mass is 9.94. The molecular weight excluding hydrogens is 348 g/mol. The van der Waals surface area contributed by atoms with Crippen LogP contribution in [0.2, 0.25) is 0 Å². The Balaban J connectivity index is 1.83. The fraction of sp³-hybridized carbons (Fsp3) is 0.650. The standard InChI is InChI=1S/C20H30N2O3S/c1-15-6-5-9-21(12-15)20(23)18-7-4-8-19(11-18)26(24,25)22-13-16(2)10-17(3)14-22/h4,7-8,11,15-17H,5-6,9-10,12-14H2,1-3H3. The molecule has 2 fully saturated rings. The van der Waals surface area contributed by atoms with Gasteiger partial charge in [0.1, 0.15) is 0 Å². The van der Waals surface area contributed by atoms with Crippen LogP contribution in [0.1, 0.15) is 50.4 Å². The molecule has 2 aliphatic heterocycles. The molecule has 26 heavy (non-hydrogen) atoms. The van der Waals surface area contributed by atoms with E-state index in [1.54, 1.807) is 28.6 Å². The lowest BCUT2D eigenvalue weighted by Gasteiger charge is -2.34. The SMILES string of the molecule is CC1CCCN(C(=O)c2cccc(S(=O)(=O)N3CC(C)CC(C)C3)c2)C1. The van der Waals surface area contributed by atoms with Crippen LogP contribution in [-0.4, -0.2) is 49.7 Å².